The summed E-state index contributed by atoms with van der Waals surface area (Å²) in [7, 11) is 0. The Labute approximate surface area is 127 Å². The molecule has 1 N–H and O–H groups in total. The highest BCUT2D eigenvalue weighted by Crippen LogP contribution is 2.14. The smallest absolute Gasteiger partial charge is 0.100 e. The summed E-state index contributed by atoms with van der Waals surface area (Å²) in [5.41, 5.74) is 2.99. The molecular weight excluding hydrogens is 280 g/mol. The molecule has 1 aromatic carbocycles. The first-order valence-corrected chi connectivity index (χ1v) is 7.83. The standard InChI is InChI=1S/C16H16N4S/c17-9-13-8-14(21-11-13)10-18-6-3-7-20-12-19-15-4-1-2-5-16(15)20/h1-2,4-5,8,11-12,18H,3,6-7,10H2. The van der Waals surface area contributed by atoms with Gasteiger partial charge in [0.05, 0.1) is 22.9 Å². The number of aromatic nitrogens is 2. The second kappa shape index (κ2) is 6.53. The number of fused-ring (bicyclic) bond motifs is 1. The van der Waals surface area contributed by atoms with Gasteiger partial charge in [0.1, 0.15) is 6.07 Å². The van der Waals surface area contributed by atoms with Crippen LogP contribution in [0.4, 0.5) is 0 Å². The topological polar surface area (TPSA) is 53.6 Å². The summed E-state index contributed by atoms with van der Waals surface area (Å²) in [4.78, 5) is 5.60. The van der Waals surface area contributed by atoms with Crippen molar-refractivity contribution in [2.75, 3.05) is 6.54 Å². The molecule has 0 amide bonds. The van der Waals surface area contributed by atoms with Crippen molar-refractivity contribution >= 4 is 22.4 Å². The maximum Gasteiger partial charge on any atom is 0.100 e. The molecule has 3 rings (SSSR count). The Morgan fingerprint density at radius 3 is 3.10 bits per heavy atom. The lowest BCUT2D eigenvalue weighted by Gasteiger charge is -2.05. The first-order chi connectivity index (χ1) is 10.4. The molecule has 0 saturated heterocycles. The molecule has 0 unspecified atom stereocenters. The fraction of sp³-hybridized carbons (Fsp3) is 0.250. The van der Waals surface area contributed by atoms with Crippen molar-refractivity contribution in [3.8, 4) is 6.07 Å². The highest BCUT2D eigenvalue weighted by Gasteiger charge is 2.01. The normalized spacial score (nSPS) is 10.8. The minimum absolute atomic E-state index is 0.752. The maximum absolute atomic E-state index is 8.78. The van der Waals surface area contributed by atoms with Gasteiger partial charge >= 0.3 is 0 Å². The van der Waals surface area contributed by atoms with Crippen LogP contribution in [0.25, 0.3) is 11.0 Å². The quantitative estimate of drug-likeness (QED) is 0.711. The minimum atomic E-state index is 0.752. The molecule has 3 aromatic rings. The van der Waals surface area contributed by atoms with Crippen molar-refractivity contribution in [2.45, 2.75) is 19.5 Å². The molecule has 5 heteroatoms. The number of nitrogens with one attached hydrogen (secondary N) is 1. The van der Waals surface area contributed by atoms with Crippen LogP contribution in [0.1, 0.15) is 16.9 Å². The average molecular weight is 296 g/mol. The van der Waals surface area contributed by atoms with Crippen LogP contribution in [0.5, 0.6) is 0 Å². The SMILES string of the molecule is N#Cc1csc(CNCCCn2cnc3ccccc32)c1. The van der Waals surface area contributed by atoms with Gasteiger partial charge in [0.2, 0.25) is 0 Å². The molecule has 2 aromatic heterocycles. The number of para-hydroxylation sites is 2. The molecule has 0 aliphatic carbocycles. The summed E-state index contributed by atoms with van der Waals surface area (Å²) < 4.78 is 2.19. The van der Waals surface area contributed by atoms with E-state index in [9.17, 15) is 0 Å². The minimum Gasteiger partial charge on any atom is -0.331 e. The molecule has 0 radical (unpaired) electrons. The van der Waals surface area contributed by atoms with Crippen molar-refractivity contribution in [1.29, 1.82) is 5.26 Å². The van der Waals surface area contributed by atoms with Crippen molar-refractivity contribution in [2.24, 2.45) is 0 Å². The molecule has 0 fully saturated rings. The Morgan fingerprint density at radius 2 is 2.24 bits per heavy atom. The van der Waals surface area contributed by atoms with Crippen LogP contribution in [0.3, 0.4) is 0 Å². The van der Waals surface area contributed by atoms with Gasteiger partial charge in [-0.2, -0.15) is 5.26 Å². The van der Waals surface area contributed by atoms with Gasteiger partial charge in [-0.25, -0.2) is 4.98 Å². The van der Waals surface area contributed by atoms with Crippen molar-refractivity contribution in [3.63, 3.8) is 0 Å². The molecular formula is C16H16N4S. The Bertz CT molecular complexity index is 766. The van der Waals surface area contributed by atoms with Crippen molar-refractivity contribution in [3.05, 3.63) is 52.5 Å². The van der Waals surface area contributed by atoms with Gasteiger partial charge < -0.3 is 9.88 Å². The highest BCUT2D eigenvalue weighted by molar-refractivity contribution is 7.10. The van der Waals surface area contributed by atoms with Gasteiger partial charge in [0.25, 0.3) is 0 Å². The number of imidazole rings is 1. The van der Waals surface area contributed by atoms with Gasteiger partial charge in [-0.15, -0.1) is 11.3 Å². The number of benzene rings is 1. The zero-order valence-corrected chi connectivity index (χ0v) is 12.4. The number of nitriles is 1. The third kappa shape index (κ3) is 3.30. The Kier molecular flexibility index (Phi) is 4.29. The third-order valence-corrected chi connectivity index (χ3v) is 4.30. The van der Waals surface area contributed by atoms with Crippen molar-refractivity contribution < 1.29 is 0 Å². The fourth-order valence-corrected chi connectivity index (χ4v) is 3.09. The largest absolute Gasteiger partial charge is 0.331 e. The van der Waals surface area contributed by atoms with E-state index in [1.807, 2.05) is 36.0 Å². The third-order valence-electron chi connectivity index (χ3n) is 3.36. The average Bonchev–Trinajstić information content (AvgIpc) is 3.14. The molecule has 0 saturated carbocycles. The number of thiophene rings is 1. The van der Waals surface area contributed by atoms with Crippen LogP contribution in [0.2, 0.25) is 0 Å². The van der Waals surface area contributed by atoms with Gasteiger partial charge in [-0.3, -0.25) is 0 Å². The van der Waals surface area contributed by atoms with Crippen LogP contribution in [0.15, 0.2) is 42.0 Å². The van der Waals surface area contributed by atoms with E-state index in [1.54, 1.807) is 11.3 Å². The number of rotatable bonds is 6. The summed E-state index contributed by atoms with van der Waals surface area (Å²) >= 11 is 1.63. The van der Waals surface area contributed by atoms with E-state index in [1.165, 1.54) is 10.4 Å². The van der Waals surface area contributed by atoms with E-state index in [-0.39, 0.29) is 0 Å². The molecule has 0 atom stereocenters. The first-order valence-electron chi connectivity index (χ1n) is 6.95. The number of hydrogen-bond donors (Lipinski definition) is 1. The van der Waals surface area contributed by atoms with Crippen LogP contribution in [-0.2, 0) is 13.1 Å². The maximum atomic E-state index is 8.78. The van der Waals surface area contributed by atoms with Gasteiger partial charge in [0, 0.05) is 23.3 Å². The lowest BCUT2D eigenvalue weighted by molar-refractivity contribution is 0.591. The predicted molar refractivity (Wildman–Crippen MR) is 85.1 cm³/mol. The van der Waals surface area contributed by atoms with E-state index >= 15 is 0 Å². The van der Waals surface area contributed by atoms with Gasteiger partial charge in [0.15, 0.2) is 0 Å². The summed E-state index contributed by atoms with van der Waals surface area (Å²) in [6, 6.07) is 12.3. The predicted octanol–water partition coefficient (Wildman–Crippen LogP) is 3.15. The molecule has 4 nitrogen and oxygen atoms in total. The van der Waals surface area contributed by atoms with Gasteiger partial charge in [-0.05, 0) is 31.2 Å². The highest BCUT2D eigenvalue weighted by atomic mass is 32.1. The second-order valence-corrected chi connectivity index (χ2v) is 5.87. The van der Waals surface area contributed by atoms with Crippen LogP contribution < -0.4 is 5.32 Å². The Balaban J connectivity index is 1.45. The Hall–Kier alpha value is -2.16. The number of nitrogens with zero attached hydrogens (tertiary/aromatic N) is 3. The van der Waals surface area contributed by atoms with Crippen LogP contribution >= 0.6 is 11.3 Å². The Morgan fingerprint density at radius 1 is 1.33 bits per heavy atom. The zero-order chi connectivity index (χ0) is 14.5. The molecule has 21 heavy (non-hydrogen) atoms. The van der Waals surface area contributed by atoms with E-state index in [0.29, 0.717) is 0 Å². The summed E-state index contributed by atoms with van der Waals surface area (Å²) in [5.74, 6) is 0. The van der Waals surface area contributed by atoms with Crippen LogP contribution in [-0.4, -0.2) is 16.1 Å². The molecule has 106 valence electrons. The summed E-state index contributed by atoms with van der Waals surface area (Å²) in [5, 5.41) is 14.1. The molecule has 0 aliphatic heterocycles. The number of hydrogen-bond acceptors (Lipinski definition) is 4. The number of aryl methyl sites for hydroxylation is 1. The summed E-state index contributed by atoms with van der Waals surface area (Å²) in [6.07, 6.45) is 2.96. The lowest BCUT2D eigenvalue weighted by atomic mass is 10.3. The van der Waals surface area contributed by atoms with Gasteiger partial charge in [-0.1, -0.05) is 12.1 Å². The summed E-state index contributed by atoms with van der Waals surface area (Å²) in [6.45, 7) is 2.74. The molecule has 0 aliphatic rings. The van der Waals surface area contributed by atoms with E-state index in [4.69, 9.17) is 5.26 Å². The van der Waals surface area contributed by atoms with Crippen molar-refractivity contribution in [1.82, 2.24) is 14.9 Å². The van der Waals surface area contributed by atoms with E-state index < -0.39 is 0 Å². The van der Waals surface area contributed by atoms with E-state index in [2.05, 4.69) is 27.0 Å². The molecule has 0 spiro atoms. The first kappa shape index (κ1) is 13.8. The lowest BCUT2D eigenvalue weighted by Crippen LogP contribution is -2.15. The van der Waals surface area contributed by atoms with E-state index in [0.717, 1.165) is 37.1 Å². The van der Waals surface area contributed by atoms with Crippen LogP contribution in [0, 0.1) is 11.3 Å². The monoisotopic (exact) mass is 296 g/mol. The zero-order valence-electron chi connectivity index (χ0n) is 11.6. The molecule has 2 heterocycles. The second-order valence-electron chi connectivity index (χ2n) is 4.87. The fourth-order valence-electron chi connectivity index (χ4n) is 2.31. The molecule has 0 bridgehead atoms.